The van der Waals surface area contributed by atoms with Crippen molar-refractivity contribution in [3.05, 3.63) is 58.4 Å². The van der Waals surface area contributed by atoms with Crippen LogP contribution in [0.3, 0.4) is 0 Å². The Balaban J connectivity index is 1.59. The Morgan fingerprint density at radius 3 is 2.85 bits per heavy atom. The number of aromatic nitrogens is 1. The van der Waals surface area contributed by atoms with Crippen molar-refractivity contribution in [2.24, 2.45) is 0 Å². The predicted molar refractivity (Wildman–Crippen MR) is 128 cm³/mol. The Hall–Kier alpha value is -2.77. The number of aromatic amines is 1. The first kappa shape index (κ1) is 21.7. The number of carbonyl (C=O) groups excluding carboxylic acids is 1. The molecule has 180 valence electrons. The van der Waals surface area contributed by atoms with Gasteiger partial charge in [0.15, 0.2) is 17.6 Å². The summed E-state index contributed by atoms with van der Waals surface area (Å²) < 4.78 is 6.55. The summed E-state index contributed by atoms with van der Waals surface area (Å²) in [4.78, 5) is 20.9. The summed E-state index contributed by atoms with van der Waals surface area (Å²) in [6.07, 6.45) is 3.27. The quantitative estimate of drug-likeness (QED) is 0.594. The fraction of sp³-hybridized carbons (Fsp3) is 0.519. The van der Waals surface area contributed by atoms with Gasteiger partial charge in [-0.3, -0.25) is 9.69 Å². The number of hydrogen-bond donors (Lipinski definition) is 3. The number of amides is 1. The molecule has 1 amide bonds. The van der Waals surface area contributed by atoms with Crippen LogP contribution < -0.4 is 4.74 Å². The molecule has 1 aromatic carbocycles. The number of H-pyrrole nitrogens is 1. The highest BCUT2D eigenvalue weighted by Gasteiger charge is 2.72. The van der Waals surface area contributed by atoms with Gasteiger partial charge in [-0.25, -0.2) is 0 Å². The first-order valence-electron chi connectivity index (χ1n) is 12.4. The SMILES string of the molecule is C=CCN1CC[C@]23c4c5ccc(O)c4O[C@H]2c2[nH]c(C(=O)N(CC)CC)c(C)c2C[C@@]3(O)[C@@H]1C5. The van der Waals surface area contributed by atoms with Crippen LogP contribution in [0.15, 0.2) is 24.8 Å². The van der Waals surface area contributed by atoms with Crippen molar-refractivity contribution in [2.45, 2.75) is 63.2 Å². The molecule has 3 heterocycles. The van der Waals surface area contributed by atoms with Gasteiger partial charge in [0.2, 0.25) is 0 Å². The molecule has 4 aliphatic rings. The van der Waals surface area contributed by atoms with E-state index in [-0.39, 0.29) is 17.7 Å². The lowest BCUT2D eigenvalue weighted by Crippen LogP contribution is -2.74. The highest BCUT2D eigenvalue weighted by atomic mass is 16.5. The zero-order valence-electron chi connectivity index (χ0n) is 20.1. The minimum Gasteiger partial charge on any atom is -0.504 e. The Bertz CT molecular complexity index is 1210. The molecule has 2 aliphatic heterocycles. The van der Waals surface area contributed by atoms with Gasteiger partial charge in [-0.05, 0) is 56.4 Å². The maximum atomic E-state index is 13.3. The van der Waals surface area contributed by atoms with Crippen LogP contribution in [-0.2, 0) is 18.3 Å². The number of benzene rings is 1. The number of phenols is 1. The molecule has 1 spiro atoms. The van der Waals surface area contributed by atoms with Crippen LogP contribution in [0.5, 0.6) is 11.5 Å². The van der Waals surface area contributed by atoms with Gasteiger partial charge in [-0.2, -0.15) is 0 Å². The predicted octanol–water partition coefficient (Wildman–Crippen LogP) is 2.99. The lowest BCUT2D eigenvalue weighted by atomic mass is 9.49. The Labute approximate surface area is 200 Å². The van der Waals surface area contributed by atoms with E-state index in [9.17, 15) is 15.0 Å². The molecule has 7 nitrogen and oxygen atoms in total. The normalized spacial score (nSPS) is 30.4. The zero-order chi connectivity index (χ0) is 24.0. The van der Waals surface area contributed by atoms with Crippen molar-refractivity contribution in [2.75, 3.05) is 26.2 Å². The van der Waals surface area contributed by atoms with Crippen molar-refractivity contribution in [1.82, 2.24) is 14.8 Å². The van der Waals surface area contributed by atoms with Crippen molar-refractivity contribution in [3.63, 3.8) is 0 Å². The van der Waals surface area contributed by atoms with E-state index in [2.05, 4.69) is 16.5 Å². The fourth-order valence-electron chi connectivity index (χ4n) is 7.46. The average Bonchev–Trinajstić information content (AvgIpc) is 3.33. The van der Waals surface area contributed by atoms with E-state index in [1.165, 1.54) is 0 Å². The zero-order valence-corrected chi connectivity index (χ0v) is 20.1. The molecule has 1 saturated heterocycles. The summed E-state index contributed by atoms with van der Waals surface area (Å²) in [5.41, 5.74) is 3.65. The summed E-state index contributed by atoms with van der Waals surface area (Å²) in [6, 6.07) is 3.59. The second-order valence-corrected chi connectivity index (χ2v) is 10.3. The number of fused-ring (bicyclic) bond motifs is 2. The number of nitrogens with zero attached hydrogens (tertiary/aromatic N) is 2. The third-order valence-corrected chi connectivity index (χ3v) is 9.07. The van der Waals surface area contributed by atoms with E-state index in [1.807, 2.05) is 37.8 Å². The molecular formula is C27H33N3O4. The van der Waals surface area contributed by atoms with Crippen molar-refractivity contribution in [1.29, 1.82) is 0 Å². The summed E-state index contributed by atoms with van der Waals surface area (Å²) in [6.45, 7) is 12.7. The highest BCUT2D eigenvalue weighted by Crippen LogP contribution is 2.68. The number of ether oxygens (including phenoxy) is 1. The van der Waals surface area contributed by atoms with Crippen LogP contribution in [0.1, 0.15) is 64.8 Å². The minimum absolute atomic E-state index is 0.0281. The van der Waals surface area contributed by atoms with Gasteiger partial charge in [-0.15, -0.1) is 6.58 Å². The molecule has 4 atom stereocenters. The first-order chi connectivity index (χ1) is 16.3. The van der Waals surface area contributed by atoms with E-state index in [0.29, 0.717) is 50.3 Å². The Kier molecular flexibility index (Phi) is 4.55. The molecule has 0 unspecified atom stereocenters. The molecular weight excluding hydrogens is 430 g/mol. The van der Waals surface area contributed by atoms with Gasteiger partial charge in [-0.1, -0.05) is 12.1 Å². The summed E-state index contributed by atoms with van der Waals surface area (Å²) >= 11 is 0. The number of piperidine rings is 1. The van der Waals surface area contributed by atoms with Crippen LogP contribution in [0.25, 0.3) is 0 Å². The number of likely N-dealkylation sites (tertiary alicyclic amines) is 1. The monoisotopic (exact) mass is 463 g/mol. The molecule has 6 rings (SSSR count). The maximum absolute atomic E-state index is 13.3. The van der Waals surface area contributed by atoms with E-state index in [1.54, 1.807) is 6.07 Å². The fourth-order valence-corrected chi connectivity index (χ4v) is 7.46. The van der Waals surface area contributed by atoms with Gasteiger partial charge in [0.1, 0.15) is 5.69 Å². The lowest BCUT2D eigenvalue weighted by molar-refractivity contribution is -0.170. The molecule has 2 bridgehead atoms. The first-order valence-corrected chi connectivity index (χ1v) is 12.4. The number of nitrogens with one attached hydrogen (secondary N) is 1. The Morgan fingerprint density at radius 1 is 1.38 bits per heavy atom. The molecule has 34 heavy (non-hydrogen) atoms. The average molecular weight is 464 g/mol. The summed E-state index contributed by atoms with van der Waals surface area (Å²) in [7, 11) is 0. The third-order valence-electron chi connectivity index (χ3n) is 9.07. The molecule has 7 heteroatoms. The van der Waals surface area contributed by atoms with Crippen LogP contribution >= 0.6 is 0 Å². The molecule has 0 radical (unpaired) electrons. The largest absolute Gasteiger partial charge is 0.504 e. The van der Waals surface area contributed by atoms with E-state index in [0.717, 1.165) is 34.5 Å². The van der Waals surface area contributed by atoms with Gasteiger partial charge < -0.3 is 24.8 Å². The maximum Gasteiger partial charge on any atom is 0.270 e. The lowest BCUT2D eigenvalue weighted by Gasteiger charge is -2.62. The van der Waals surface area contributed by atoms with Crippen LogP contribution in [0.4, 0.5) is 0 Å². The molecule has 2 aromatic rings. The number of hydrogen-bond acceptors (Lipinski definition) is 5. The summed E-state index contributed by atoms with van der Waals surface area (Å²) in [5.74, 6) is 0.578. The molecule has 2 aliphatic carbocycles. The smallest absolute Gasteiger partial charge is 0.270 e. The van der Waals surface area contributed by atoms with Crippen molar-refractivity contribution in [3.8, 4) is 11.5 Å². The van der Waals surface area contributed by atoms with Gasteiger partial charge >= 0.3 is 0 Å². The summed E-state index contributed by atoms with van der Waals surface area (Å²) in [5, 5.41) is 23.4. The van der Waals surface area contributed by atoms with E-state index >= 15 is 0 Å². The van der Waals surface area contributed by atoms with Gasteiger partial charge in [0.25, 0.3) is 5.91 Å². The number of phenolic OH excluding ortho intramolecular Hbond substituents is 1. The van der Waals surface area contributed by atoms with E-state index < -0.39 is 17.1 Å². The number of rotatable bonds is 5. The number of carbonyl (C=O) groups is 1. The second kappa shape index (κ2) is 7.12. The molecule has 3 N–H and O–H groups in total. The highest BCUT2D eigenvalue weighted by molar-refractivity contribution is 5.94. The van der Waals surface area contributed by atoms with Gasteiger partial charge in [0, 0.05) is 44.2 Å². The standard InChI is InChI=1S/C27H33N3O4/c1-5-11-30-12-10-26-20-16-8-9-18(31)23(20)34-24(26)22-17(14-27(26,33)19(30)13-16)15(4)21(28-22)25(32)29(6-2)7-3/h5,8-9,19,24,28,31,33H,1,6-7,10-14H2,2-4H3/t19-,24-,26-,27+/m0/s1. The van der Waals surface area contributed by atoms with Crippen molar-refractivity contribution < 1.29 is 19.7 Å². The van der Waals surface area contributed by atoms with Crippen LogP contribution in [0, 0.1) is 6.92 Å². The molecule has 1 fully saturated rings. The van der Waals surface area contributed by atoms with Crippen LogP contribution in [0.2, 0.25) is 0 Å². The number of aromatic hydroxyl groups is 1. The van der Waals surface area contributed by atoms with Crippen molar-refractivity contribution >= 4 is 5.91 Å². The minimum atomic E-state index is -1.08. The van der Waals surface area contributed by atoms with Gasteiger partial charge in [0.05, 0.1) is 16.7 Å². The molecule has 1 aromatic heterocycles. The van der Waals surface area contributed by atoms with E-state index in [4.69, 9.17) is 4.74 Å². The Morgan fingerprint density at radius 2 is 2.15 bits per heavy atom. The topological polar surface area (TPSA) is 89.0 Å². The number of aliphatic hydroxyl groups is 1. The second-order valence-electron chi connectivity index (χ2n) is 10.3. The van der Waals surface area contributed by atoms with Crippen LogP contribution in [-0.4, -0.2) is 68.7 Å². The third kappa shape index (κ3) is 2.37. The molecule has 0 saturated carbocycles.